The number of benzene rings is 1. The molecule has 8 nitrogen and oxygen atoms in total. The maximum absolute atomic E-state index is 13.0. The van der Waals surface area contributed by atoms with Crippen LogP contribution in [0.2, 0.25) is 0 Å². The molecule has 0 bridgehead atoms. The Labute approximate surface area is 189 Å². The first-order valence-electron chi connectivity index (χ1n) is 10.7. The molecule has 1 aliphatic heterocycles. The number of nitrogens with one attached hydrogen (secondary N) is 1. The molecule has 2 aromatic rings. The number of piperidine rings is 1. The highest BCUT2D eigenvalue weighted by molar-refractivity contribution is 7.89. The normalized spacial score (nSPS) is 16.6. The monoisotopic (exact) mass is 461 g/mol. The third-order valence-corrected chi connectivity index (χ3v) is 7.90. The van der Waals surface area contributed by atoms with Crippen LogP contribution in [0.15, 0.2) is 36.7 Å². The minimum absolute atomic E-state index is 0.0172. The van der Waals surface area contributed by atoms with E-state index in [1.807, 2.05) is 0 Å². The van der Waals surface area contributed by atoms with Gasteiger partial charge in [-0.3, -0.25) is 15.0 Å². The number of pyridine rings is 1. The van der Waals surface area contributed by atoms with E-state index in [0.29, 0.717) is 38.1 Å². The Balaban J connectivity index is 1.59. The molecular weight excluding hydrogens is 430 g/mol. The van der Waals surface area contributed by atoms with Crippen molar-refractivity contribution in [1.29, 1.82) is 0 Å². The molecule has 1 amide bonds. The molecular formula is C23H31N3O5S. The number of carbonyl (C=O) groups is 1. The van der Waals surface area contributed by atoms with Crippen LogP contribution in [-0.4, -0.2) is 53.8 Å². The number of hydroxylamine groups is 1. The molecule has 2 heterocycles. The van der Waals surface area contributed by atoms with Gasteiger partial charge in [-0.2, -0.15) is 0 Å². The predicted molar refractivity (Wildman–Crippen MR) is 121 cm³/mol. The molecule has 0 aliphatic carbocycles. The minimum atomic E-state index is -3.72. The van der Waals surface area contributed by atoms with E-state index in [-0.39, 0.29) is 6.10 Å². The van der Waals surface area contributed by atoms with E-state index in [1.54, 1.807) is 17.6 Å². The molecule has 1 aliphatic rings. The number of hydrogen-bond donors (Lipinski definition) is 2. The largest absolute Gasteiger partial charge is 0.373 e. The number of aromatic nitrogens is 1. The summed E-state index contributed by atoms with van der Waals surface area (Å²) in [4.78, 5) is 16.1. The lowest BCUT2D eigenvalue weighted by Gasteiger charge is -2.32. The lowest BCUT2D eigenvalue weighted by Crippen LogP contribution is -2.44. The Morgan fingerprint density at radius 3 is 2.47 bits per heavy atom. The topological polar surface area (TPSA) is 109 Å². The van der Waals surface area contributed by atoms with E-state index in [0.717, 1.165) is 0 Å². The second-order valence-corrected chi connectivity index (χ2v) is 10.4. The van der Waals surface area contributed by atoms with Gasteiger partial charge in [0.15, 0.2) is 0 Å². The van der Waals surface area contributed by atoms with Crippen LogP contribution >= 0.6 is 0 Å². The van der Waals surface area contributed by atoms with E-state index in [1.165, 1.54) is 39.0 Å². The van der Waals surface area contributed by atoms with Gasteiger partial charge >= 0.3 is 0 Å². The van der Waals surface area contributed by atoms with Crippen LogP contribution in [0, 0.1) is 20.8 Å². The smallest absolute Gasteiger partial charge is 0.252 e. The van der Waals surface area contributed by atoms with Crippen LogP contribution in [0.4, 0.5) is 0 Å². The molecule has 32 heavy (non-hydrogen) atoms. The number of nitrogens with zero attached hydrogens (tertiary/aromatic N) is 2. The zero-order valence-corrected chi connectivity index (χ0v) is 19.6. The summed E-state index contributed by atoms with van der Waals surface area (Å²) in [6.07, 6.45) is 4.14. The molecule has 1 atom stereocenters. The predicted octanol–water partition coefficient (Wildman–Crippen LogP) is 2.61. The fourth-order valence-corrected chi connectivity index (χ4v) is 5.96. The fourth-order valence-electron chi connectivity index (χ4n) is 4.22. The van der Waals surface area contributed by atoms with Gasteiger partial charge in [-0.1, -0.05) is 23.8 Å². The zero-order valence-electron chi connectivity index (χ0n) is 18.7. The summed E-state index contributed by atoms with van der Waals surface area (Å²) in [5.74, 6) is -2.25. The summed E-state index contributed by atoms with van der Waals surface area (Å²) in [5, 5.41) is 9.07. The van der Waals surface area contributed by atoms with Gasteiger partial charge in [0, 0.05) is 25.5 Å². The maximum atomic E-state index is 13.0. The molecule has 174 valence electrons. The van der Waals surface area contributed by atoms with Crippen molar-refractivity contribution in [2.75, 3.05) is 18.8 Å². The summed E-state index contributed by atoms with van der Waals surface area (Å²) in [6.45, 7) is 7.40. The van der Waals surface area contributed by atoms with Gasteiger partial charge in [-0.05, 0) is 61.9 Å². The van der Waals surface area contributed by atoms with Crippen molar-refractivity contribution in [2.45, 2.75) is 52.2 Å². The lowest BCUT2D eigenvalue weighted by atomic mass is 10.0. The van der Waals surface area contributed by atoms with Gasteiger partial charge in [-0.25, -0.2) is 18.2 Å². The van der Waals surface area contributed by atoms with Crippen molar-refractivity contribution >= 4 is 15.9 Å². The zero-order chi connectivity index (χ0) is 23.3. The Morgan fingerprint density at radius 1 is 1.25 bits per heavy atom. The number of ether oxygens (including phenoxy) is 1. The van der Waals surface area contributed by atoms with E-state index in [9.17, 15) is 13.2 Å². The van der Waals surface area contributed by atoms with E-state index in [4.69, 9.17) is 9.94 Å². The summed E-state index contributed by atoms with van der Waals surface area (Å²) in [7, 11) is -3.72. The molecule has 2 N–H and O–H groups in total. The first-order chi connectivity index (χ1) is 15.2. The standard InChI is InChI=1S/C23H31N3O5S/c1-16-11-17(2)21(18(3)12-16)14-31-20-6-9-26(10-7-20)32(29,30)15-22(23(27)25-28)19-5-4-8-24-13-19/h4-5,8,11-13,20,22,28H,6-7,9-10,14-15H2,1-3H3,(H,25,27)/t22-/m1/s1. The van der Waals surface area contributed by atoms with Crippen molar-refractivity contribution in [1.82, 2.24) is 14.8 Å². The van der Waals surface area contributed by atoms with Gasteiger partial charge in [0.1, 0.15) is 0 Å². The minimum Gasteiger partial charge on any atom is -0.373 e. The Kier molecular flexibility index (Phi) is 8.00. The van der Waals surface area contributed by atoms with Gasteiger partial charge in [0.25, 0.3) is 5.91 Å². The Bertz CT molecular complexity index is 1010. The van der Waals surface area contributed by atoms with Crippen LogP contribution in [0.1, 0.15) is 46.6 Å². The first kappa shape index (κ1) is 24.3. The van der Waals surface area contributed by atoms with Crippen molar-refractivity contribution in [3.05, 3.63) is 64.5 Å². The fraction of sp³-hybridized carbons (Fsp3) is 0.478. The lowest BCUT2D eigenvalue weighted by molar-refractivity contribution is -0.130. The van der Waals surface area contributed by atoms with E-state index >= 15 is 0 Å². The number of aryl methyl sites for hydroxylation is 3. The molecule has 0 radical (unpaired) electrons. The average Bonchev–Trinajstić information content (AvgIpc) is 2.77. The highest BCUT2D eigenvalue weighted by Crippen LogP contribution is 2.24. The molecule has 3 rings (SSSR count). The molecule has 1 fully saturated rings. The van der Waals surface area contributed by atoms with E-state index < -0.39 is 27.6 Å². The third kappa shape index (κ3) is 5.92. The summed E-state index contributed by atoms with van der Waals surface area (Å²) < 4.78 is 33.5. The summed E-state index contributed by atoms with van der Waals surface area (Å²) >= 11 is 0. The third-order valence-electron chi connectivity index (χ3n) is 5.99. The van der Waals surface area contributed by atoms with Gasteiger partial charge < -0.3 is 4.74 Å². The highest BCUT2D eigenvalue weighted by atomic mass is 32.2. The van der Waals surface area contributed by atoms with Crippen LogP contribution in [-0.2, 0) is 26.2 Å². The van der Waals surface area contributed by atoms with Crippen LogP contribution < -0.4 is 5.48 Å². The molecule has 0 unspecified atom stereocenters. The maximum Gasteiger partial charge on any atom is 0.252 e. The van der Waals surface area contributed by atoms with Crippen LogP contribution in [0.25, 0.3) is 0 Å². The summed E-state index contributed by atoms with van der Waals surface area (Å²) in [6, 6.07) is 7.53. The molecule has 9 heteroatoms. The highest BCUT2D eigenvalue weighted by Gasteiger charge is 2.34. The van der Waals surface area contributed by atoms with Gasteiger partial charge in [0.2, 0.25) is 10.0 Å². The SMILES string of the molecule is Cc1cc(C)c(COC2CCN(S(=O)(=O)C[C@@H](C(=O)NO)c3cccnc3)CC2)c(C)c1. The average molecular weight is 462 g/mol. The Hall–Kier alpha value is -2.33. The molecule has 1 saturated heterocycles. The van der Waals surface area contributed by atoms with Crippen molar-refractivity contribution in [3.8, 4) is 0 Å². The second-order valence-electron chi connectivity index (χ2n) is 8.38. The van der Waals surface area contributed by atoms with Crippen LogP contribution in [0.5, 0.6) is 0 Å². The number of amides is 1. The van der Waals surface area contributed by atoms with Gasteiger partial charge in [0.05, 0.1) is 24.4 Å². The number of carbonyl (C=O) groups excluding carboxylic acids is 1. The molecule has 1 aromatic carbocycles. The molecule has 1 aromatic heterocycles. The molecule has 0 spiro atoms. The Morgan fingerprint density at radius 2 is 1.91 bits per heavy atom. The van der Waals surface area contributed by atoms with Crippen molar-refractivity contribution in [3.63, 3.8) is 0 Å². The van der Waals surface area contributed by atoms with Crippen molar-refractivity contribution < 1.29 is 23.2 Å². The molecule has 0 saturated carbocycles. The van der Waals surface area contributed by atoms with Crippen LogP contribution in [0.3, 0.4) is 0 Å². The second kappa shape index (κ2) is 10.5. The number of sulfonamides is 1. The summed E-state index contributed by atoms with van der Waals surface area (Å²) in [5.41, 5.74) is 6.81. The van der Waals surface area contributed by atoms with E-state index in [2.05, 4.69) is 37.9 Å². The quantitative estimate of drug-likeness (QED) is 0.462. The number of hydrogen-bond acceptors (Lipinski definition) is 6. The first-order valence-corrected chi connectivity index (χ1v) is 12.3. The number of rotatable bonds is 8. The van der Waals surface area contributed by atoms with Crippen molar-refractivity contribution in [2.24, 2.45) is 0 Å². The van der Waals surface area contributed by atoms with Gasteiger partial charge in [-0.15, -0.1) is 0 Å².